The fraction of sp³-hybridized carbons (Fsp3) is 0.320. The highest BCUT2D eigenvalue weighted by atomic mass is 19.2. The minimum absolute atomic E-state index is 0.148. The summed E-state index contributed by atoms with van der Waals surface area (Å²) in [5, 5.41) is 7.05. The lowest BCUT2D eigenvalue weighted by atomic mass is 10.1. The second-order valence-corrected chi connectivity index (χ2v) is 9.21. The molecule has 0 spiro atoms. The van der Waals surface area contributed by atoms with Crippen LogP contribution in [-0.4, -0.2) is 50.6 Å². The van der Waals surface area contributed by atoms with Gasteiger partial charge in [0.05, 0.1) is 11.7 Å². The van der Waals surface area contributed by atoms with Crippen molar-refractivity contribution in [3.63, 3.8) is 0 Å². The van der Waals surface area contributed by atoms with Gasteiger partial charge in [-0.05, 0) is 43.4 Å². The highest BCUT2D eigenvalue weighted by Crippen LogP contribution is 2.45. The van der Waals surface area contributed by atoms with Crippen LogP contribution in [0.2, 0.25) is 0 Å². The highest BCUT2D eigenvalue weighted by Gasteiger charge is 2.30. The van der Waals surface area contributed by atoms with E-state index in [9.17, 15) is 13.2 Å². The molecule has 2 fully saturated rings. The van der Waals surface area contributed by atoms with Crippen LogP contribution < -0.4 is 15.5 Å². The summed E-state index contributed by atoms with van der Waals surface area (Å²) in [7, 11) is 0. The van der Waals surface area contributed by atoms with Crippen molar-refractivity contribution in [1.82, 2.24) is 30.2 Å². The van der Waals surface area contributed by atoms with Crippen molar-refractivity contribution in [2.24, 2.45) is 0 Å². The summed E-state index contributed by atoms with van der Waals surface area (Å²) < 4.78 is 41.3. The van der Waals surface area contributed by atoms with Crippen molar-refractivity contribution in [3.05, 3.63) is 59.9 Å². The van der Waals surface area contributed by atoms with Gasteiger partial charge in [0.2, 0.25) is 11.8 Å². The summed E-state index contributed by atoms with van der Waals surface area (Å²) in [6, 6.07) is 4.01. The Balaban J connectivity index is 1.44. The third kappa shape index (κ3) is 4.30. The molecule has 0 bridgehead atoms. The molecule has 11 heteroatoms. The molecule has 1 aliphatic carbocycles. The predicted molar refractivity (Wildman–Crippen MR) is 130 cm³/mol. The SMILES string of the molecule is CC1CN(c2nc(-c3ccnc(Nc4nc(F)cc(F)c4F)c3)nc3cncc(C4CC4)c23)CCN1. The van der Waals surface area contributed by atoms with Crippen LogP contribution in [0, 0.1) is 17.6 Å². The van der Waals surface area contributed by atoms with Crippen molar-refractivity contribution < 1.29 is 13.2 Å². The number of hydrogen-bond acceptors (Lipinski definition) is 8. The molecule has 1 saturated heterocycles. The van der Waals surface area contributed by atoms with Gasteiger partial charge in [-0.25, -0.2) is 19.3 Å². The van der Waals surface area contributed by atoms with Gasteiger partial charge in [-0.15, -0.1) is 0 Å². The number of halogens is 3. The molecular weight excluding hydrogens is 469 g/mol. The Morgan fingerprint density at radius 3 is 2.75 bits per heavy atom. The van der Waals surface area contributed by atoms with Gasteiger partial charge in [-0.1, -0.05) is 0 Å². The van der Waals surface area contributed by atoms with E-state index in [4.69, 9.17) is 9.97 Å². The largest absolute Gasteiger partial charge is 0.353 e. The summed E-state index contributed by atoms with van der Waals surface area (Å²) in [6.07, 6.45) is 7.42. The molecule has 2 aliphatic rings. The van der Waals surface area contributed by atoms with Crippen LogP contribution in [-0.2, 0) is 0 Å². The fourth-order valence-electron chi connectivity index (χ4n) is 4.59. The lowest BCUT2D eigenvalue weighted by molar-refractivity contribution is 0.483. The van der Waals surface area contributed by atoms with E-state index in [0.29, 0.717) is 29.4 Å². The molecule has 8 nitrogen and oxygen atoms in total. The van der Waals surface area contributed by atoms with Gasteiger partial charge < -0.3 is 15.5 Å². The molecule has 1 unspecified atom stereocenters. The number of nitrogens with one attached hydrogen (secondary N) is 2. The number of fused-ring (bicyclic) bond motifs is 1. The molecule has 5 heterocycles. The maximum absolute atomic E-state index is 14.1. The first-order chi connectivity index (χ1) is 17.5. The molecule has 36 heavy (non-hydrogen) atoms. The number of piperazine rings is 1. The standard InChI is InChI=1S/C25H23F3N8/c1-13-12-36(7-6-30-13)25-21-16(14-2-3-14)10-29-11-18(21)32-23(35-25)15-4-5-31-20(8-15)34-24-22(28)17(26)9-19(27)33-24/h4-5,8-11,13-14,30H,2-3,6-7,12H2,1H3,(H,31,33,34). The van der Waals surface area contributed by atoms with E-state index in [0.717, 1.165) is 49.2 Å². The smallest absolute Gasteiger partial charge is 0.217 e. The van der Waals surface area contributed by atoms with Crippen molar-refractivity contribution in [2.75, 3.05) is 29.9 Å². The van der Waals surface area contributed by atoms with E-state index in [1.54, 1.807) is 18.3 Å². The Bertz CT molecular complexity index is 1460. The Kier molecular flexibility index (Phi) is 5.63. The molecule has 6 rings (SSSR count). The molecule has 2 N–H and O–H groups in total. The predicted octanol–water partition coefficient (Wildman–Crippen LogP) is 4.32. The topological polar surface area (TPSA) is 91.8 Å². The molecule has 1 saturated carbocycles. The summed E-state index contributed by atoms with van der Waals surface area (Å²) in [4.78, 5) is 24.1. The third-order valence-corrected chi connectivity index (χ3v) is 6.45. The van der Waals surface area contributed by atoms with E-state index in [2.05, 4.69) is 37.4 Å². The first-order valence-electron chi connectivity index (χ1n) is 11.8. The molecule has 1 aliphatic heterocycles. The van der Waals surface area contributed by atoms with Crippen LogP contribution in [0.15, 0.2) is 36.8 Å². The second-order valence-electron chi connectivity index (χ2n) is 9.21. The first-order valence-corrected chi connectivity index (χ1v) is 11.8. The second kappa shape index (κ2) is 8.98. The molecule has 184 valence electrons. The highest BCUT2D eigenvalue weighted by molar-refractivity contribution is 5.94. The number of nitrogens with zero attached hydrogens (tertiary/aromatic N) is 6. The van der Waals surface area contributed by atoms with Gasteiger partial charge in [0.25, 0.3) is 0 Å². The Labute approximate surface area is 205 Å². The van der Waals surface area contributed by atoms with E-state index >= 15 is 0 Å². The van der Waals surface area contributed by atoms with Gasteiger partial charge in [0.1, 0.15) is 11.6 Å². The fourth-order valence-corrected chi connectivity index (χ4v) is 4.59. The molecule has 0 amide bonds. The Morgan fingerprint density at radius 1 is 1.08 bits per heavy atom. The summed E-state index contributed by atoms with van der Waals surface area (Å²) in [5.74, 6) is -2.44. The van der Waals surface area contributed by atoms with Gasteiger partial charge in [-0.2, -0.15) is 13.8 Å². The number of pyridine rings is 3. The molecule has 4 aromatic heterocycles. The van der Waals surface area contributed by atoms with E-state index in [1.165, 1.54) is 11.8 Å². The van der Waals surface area contributed by atoms with Gasteiger partial charge in [-0.3, -0.25) is 4.98 Å². The third-order valence-electron chi connectivity index (χ3n) is 6.45. The minimum atomic E-state index is -1.34. The molecule has 0 radical (unpaired) electrons. The summed E-state index contributed by atoms with van der Waals surface area (Å²) in [5.41, 5.74) is 2.52. The average Bonchev–Trinajstić information content (AvgIpc) is 3.72. The van der Waals surface area contributed by atoms with Crippen molar-refractivity contribution in [3.8, 4) is 11.4 Å². The van der Waals surface area contributed by atoms with Crippen LogP contribution in [0.5, 0.6) is 0 Å². The number of hydrogen-bond donors (Lipinski definition) is 2. The zero-order valence-corrected chi connectivity index (χ0v) is 19.5. The lowest BCUT2D eigenvalue weighted by Gasteiger charge is -2.33. The molecular formula is C25H23F3N8. The van der Waals surface area contributed by atoms with Crippen LogP contribution in [0.1, 0.15) is 31.2 Å². The molecule has 4 aromatic rings. The summed E-state index contributed by atoms with van der Waals surface area (Å²) in [6.45, 7) is 4.60. The van der Waals surface area contributed by atoms with Crippen molar-refractivity contribution >= 4 is 28.4 Å². The van der Waals surface area contributed by atoms with Crippen LogP contribution in [0.4, 0.5) is 30.6 Å². The average molecular weight is 493 g/mol. The van der Waals surface area contributed by atoms with E-state index in [1.807, 2.05) is 6.20 Å². The zero-order valence-electron chi connectivity index (χ0n) is 19.5. The monoisotopic (exact) mass is 492 g/mol. The van der Waals surface area contributed by atoms with Crippen molar-refractivity contribution in [1.29, 1.82) is 0 Å². The Morgan fingerprint density at radius 2 is 1.94 bits per heavy atom. The van der Waals surface area contributed by atoms with Crippen LogP contribution in [0.25, 0.3) is 22.3 Å². The number of rotatable bonds is 5. The number of aromatic nitrogens is 5. The van der Waals surface area contributed by atoms with Crippen LogP contribution in [0.3, 0.4) is 0 Å². The van der Waals surface area contributed by atoms with Gasteiger partial charge in [0.15, 0.2) is 17.5 Å². The van der Waals surface area contributed by atoms with E-state index in [-0.39, 0.29) is 5.82 Å². The normalized spacial score (nSPS) is 18.0. The first kappa shape index (κ1) is 22.6. The van der Waals surface area contributed by atoms with Gasteiger partial charge >= 0.3 is 0 Å². The molecule has 1 atom stereocenters. The quantitative estimate of drug-likeness (QED) is 0.398. The molecule has 0 aromatic carbocycles. The maximum Gasteiger partial charge on any atom is 0.217 e. The zero-order chi connectivity index (χ0) is 24.8. The Hall–Kier alpha value is -3.86. The maximum atomic E-state index is 14.1. The number of anilines is 3. The van der Waals surface area contributed by atoms with E-state index < -0.39 is 23.4 Å². The van der Waals surface area contributed by atoms with Gasteiger partial charge in [0, 0.05) is 55.1 Å². The van der Waals surface area contributed by atoms with Crippen molar-refractivity contribution in [2.45, 2.75) is 31.7 Å². The minimum Gasteiger partial charge on any atom is -0.353 e. The summed E-state index contributed by atoms with van der Waals surface area (Å²) >= 11 is 0. The van der Waals surface area contributed by atoms with Crippen LogP contribution >= 0.6 is 0 Å². The lowest BCUT2D eigenvalue weighted by Crippen LogP contribution is -2.49.